The zero-order valence-corrected chi connectivity index (χ0v) is 18.7. The Morgan fingerprint density at radius 1 is 1.09 bits per heavy atom. The highest BCUT2D eigenvalue weighted by Gasteiger charge is 2.32. The molecule has 0 aliphatic carbocycles. The van der Waals surface area contributed by atoms with Crippen LogP contribution in [0.4, 0.5) is 0 Å². The molecular formula is C25H31N3O4. The number of nitrogens with zero attached hydrogens (tertiary/aromatic N) is 1. The molecule has 170 valence electrons. The molecule has 4 rings (SSSR count). The Labute approximate surface area is 188 Å². The van der Waals surface area contributed by atoms with Crippen molar-refractivity contribution in [2.45, 2.75) is 45.3 Å². The van der Waals surface area contributed by atoms with Crippen molar-refractivity contribution in [1.29, 1.82) is 0 Å². The second-order valence-corrected chi connectivity index (χ2v) is 8.84. The van der Waals surface area contributed by atoms with E-state index < -0.39 is 11.9 Å². The number of fused-ring (bicyclic) bond motifs is 2. The average Bonchev–Trinajstić information content (AvgIpc) is 3.01. The van der Waals surface area contributed by atoms with Gasteiger partial charge in [-0.3, -0.25) is 14.5 Å². The van der Waals surface area contributed by atoms with Crippen molar-refractivity contribution >= 4 is 11.8 Å². The van der Waals surface area contributed by atoms with Crippen LogP contribution in [0, 0.1) is 5.92 Å². The minimum Gasteiger partial charge on any atom is -0.490 e. The van der Waals surface area contributed by atoms with Crippen molar-refractivity contribution in [3.63, 3.8) is 0 Å². The van der Waals surface area contributed by atoms with Gasteiger partial charge in [0.1, 0.15) is 0 Å². The molecule has 2 aliphatic heterocycles. The molecule has 0 aromatic heterocycles. The van der Waals surface area contributed by atoms with Crippen LogP contribution in [0.3, 0.4) is 0 Å². The highest BCUT2D eigenvalue weighted by Crippen LogP contribution is 2.34. The fourth-order valence-electron chi connectivity index (χ4n) is 4.44. The molecule has 32 heavy (non-hydrogen) atoms. The Bertz CT molecular complexity index is 991. The maximum atomic E-state index is 13.1. The lowest BCUT2D eigenvalue weighted by Crippen LogP contribution is -2.52. The number of nitrogens with two attached hydrogens (primary N) is 1. The van der Waals surface area contributed by atoms with E-state index in [0.29, 0.717) is 31.9 Å². The van der Waals surface area contributed by atoms with Crippen LogP contribution in [0.2, 0.25) is 0 Å². The third-order valence-electron chi connectivity index (χ3n) is 6.13. The van der Waals surface area contributed by atoms with Crippen molar-refractivity contribution < 1.29 is 19.1 Å². The molecule has 2 aromatic rings. The Morgan fingerprint density at radius 3 is 2.53 bits per heavy atom. The van der Waals surface area contributed by atoms with E-state index in [4.69, 9.17) is 15.2 Å². The molecule has 2 atom stereocenters. The molecule has 0 saturated heterocycles. The molecule has 7 nitrogen and oxygen atoms in total. The summed E-state index contributed by atoms with van der Waals surface area (Å²) in [6.45, 7) is 6.01. The second kappa shape index (κ2) is 9.61. The van der Waals surface area contributed by atoms with Gasteiger partial charge in [0.05, 0.1) is 31.8 Å². The van der Waals surface area contributed by atoms with E-state index in [-0.39, 0.29) is 24.4 Å². The smallest absolute Gasteiger partial charge is 0.235 e. The lowest BCUT2D eigenvalue weighted by Gasteiger charge is -2.35. The van der Waals surface area contributed by atoms with Gasteiger partial charge >= 0.3 is 0 Å². The molecule has 3 N–H and O–H groups in total. The van der Waals surface area contributed by atoms with Crippen molar-refractivity contribution in [2.24, 2.45) is 11.7 Å². The lowest BCUT2D eigenvalue weighted by molar-refractivity contribution is -0.128. The van der Waals surface area contributed by atoms with Gasteiger partial charge in [-0.25, -0.2) is 0 Å². The molecular weight excluding hydrogens is 406 g/mol. The summed E-state index contributed by atoms with van der Waals surface area (Å²) >= 11 is 0. The lowest BCUT2D eigenvalue weighted by atomic mass is 9.93. The maximum absolute atomic E-state index is 13.1. The van der Waals surface area contributed by atoms with Crippen LogP contribution in [-0.2, 0) is 22.6 Å². The number of ether oxygens (including phenoxy) is 2. The Kier molecular flexibility index (Phi) is 6.65. The molecule has 1 unspecified atom stereocenters. The summed E-state index contributed by atoms with van der Waals surface area (Å²) in [6.07, 6.45) is 1.36. The van der Waals surface area contributed by atoms with Crippen LogP contribution < -0.4 is 20.5 Å². The zero-order valence-electron chi connectivity index (χ0n) is 18.7. The number of hydrogen-bond acceptors (Lipinski definition) is 5. The highest BCUT2D eigenvalue weighted by molar-refractivity contribution is 5.83. The first-order valence-electron chi connectivity index (χ1n) is 11.2. The first kappa shape index (κ1) is 22.1. The summed E-state index contributed by atoms with van der Waals surface area (Å²) in [7, 11) is 0. The summed E-state index contributed by atoms with van der Waals surface area (Å²) in [5.41, 5.74) is 8.87. The number of hydrogen-bond donors (Lipinski definition) is 2. The van der Waals surface area contributed by atoms with Crippen LogP contribution in [0.15, 0.2) is 42.5 Å². The average molecular weight is 438 g/mol. The zero-order chi connectivity index (χ0) is 22.7. The SMILES string of the molecule is CC(C)C(NC(=O)CN1Cc2ccccc2C[C@H]1C(N)=O)c1ccc2c(c1)OCCCO2. The van der Waals surface area contributed by atoms with Crippen LogP contribution in [-0.4, -0.2) is 42.5 Å². The number of benzene rings is 2. The van der Waals surface area contributed by atoms with Gasteiger partial charge in [0.25, 0.3) is 0 Å². The molecule has 2 aliphatic rings. The Balaban J connectivity index is 1.49. The number of carbonyl (C=O) groups is 2. The van der Waals surface area contributed by atoms with Crippen molar-refractivity contribution in [3.05, 3.63) is 59.2 Å². The van der Waals surface area contributed by atoms with Crippen LogP contribution >= 0.6 is 0 Å². The first-order chi connectivity index (χ1) is 15.4. The fraction of sp³-hybridized carbons (Fsp3) is 0.440. The molecule has 0 spiro atoms. The number of carbonyl (C=O) groups excluding carboxylic acids is 2. The molecule has 2 heterocycles. The van der Waals surface area contributed by atoms with Gasteiger partial charge in [0.15, 0.2) is 11.5 Å². The predicted octanol–water partition coefficient (Wildman–Crippen LogP) is 2.57. The van der Waals surface area contributed by atoms with E-state index in [1.165, 1.54) is 0 Å². The summed E-state index contributed by atoms with van der Waals surface area (Å²) in [6, 6.07) is 13.1. The Hall–Kier alpha value is -3.06. The second-order valence-electron chi connectivity index (χ2n) is 8.84. The summed E-state index contributed by atoms with van der Waals surface area (Å²) in [5.74, 6) is 1.06. The van der Waals surface area contributed by atoms with E-state index in [1.807, 2.05) is 47.4 Å². The van der Waals surface area contributed by atoms with Crippen LogP contribution in [0.25, 0.3) is 0 Å². The molecule has 2 aromatic carbocycles. The van der Waals surface area contributed by atoms with E-state index in [0.717, 1.165) is 28.9 Å². The van der Waals surface area contributed by atoms with E-state index >= 15 is 0 Å². The van der Waals surface area contributed by atoms with Gasteiger partial charge in [0.2, 0.25) is 11.8 Å². The van der Waals surface area contributed by atoms with Crippen molar-refractivity contribution in [1.82, 2.24) is 10.2 Å². The molecule has 0 saturated carbocycles. The number of rotatable bonds is 6. The molecule has 2 amide bonds. The molecule has 0 radical (unpaired) electrons. The standard InChI is InChI=1S/C25H31N3O4/c1-16(2)24(18-8-9-21-22(13-18)32-11-5-10-31-21)27-23(29)15-28-14-19-7-4-3-6-17(19)12-20(28)25(26)30/h3-4,6-9,13,16,20,24H,5,10-12,14-15H2,1-2H3,(H2,26,30)(H,27,29)/t20-,24?/m0/s1. The maximum Gasteiger partial charge on any atom is 0.235 e. The van der Waals surface area contributed by atoms with Crippen molar-refractivity contribution in [3.8, 4) is 11.5 Å². The third kappa shape index (κ3) is 4.88. The van der Waals surface area contributed by atoms with Crippen molar-refractivity contribution in [2.75, 3.05) is 19.8 Å². The van der Waals surface area contributed by atoms with Crippen LogP contribution in [0.5, 0.6) is 11.5 Å². The summed E-state index contributed by atoms with van der Waals surface area (Å²) in [5, 5.41) is 3.16. The monoisotopic (exact) mass is 437 g/mol. The fourth-order valence-corrected chi connectivity index (χ4v) is 4.44. The Morgan fingerprint density at radius 2 is 1.81 bits per heavy atom. The van der Waals surface area contributed by atoms with Gasteiger partial charge in [-0.2, -0.15) is 0 Å². The quantitative estimate of drug-likeness (QED) is 0.725. The van der Waals surface area contributed by atoms with Gasteiger partial charge in [0, 0.05) is 13.0 Å². The van der Waals surface area contributed by atoms with E-state index in [1.54, 1.807) is 0 Å². The number of amides is 2. The minimum absolute atomic E-state index is 0.107. The third-order valence-corrected chi connectivity index (χ3v) is 6.13. The molecule has 0 bridgehead atoms. The van der Waals surface area contributed by atoms with Gasteiger partial charge in [-0.1, -0.05) is 44.2 Å². The topological polar surface area (TPSA) is 93.9 Å². The summed E-state index contributed by atoms with van der Waals surface area (Å²) < 4.78 is 11.5. The van der Waals surface area contributed by atoms with E-state index in [9.17, 15) is 9.59 Å². The minimum atomic E-state index is -0.494. The number of nitrogens with one attached hydrogen (secondary N) is 1. The highest BCUT2D eigenvalue weighted by atomic mass is 16.5. The largest absolute Gasteiger partial charge is 0.490 e. The normalized spacial score (nSPS) is 19.0. The van der Waals surface area contributed by atoms with Gasteiger partial charge in [-0.15, -0.1) is 0 Å². The summed E-state index contributed by atoms with van der Waals surface area (Å²) in [4.78, 5) is 27.0. The van der Waals surface area contributed by atoms with Crippen LogP contribution in [0.1, 0.15) is 43.0 Å². The predicted molar refractivity (Wildman–Crippen MR) is 121 cm³/mol. The van der Waals surface area contributed by atoms with Gasteiger partial charge < -0.3 is 20.5 Å². The molecule has 0 fully saturated rings. The van der Waals surface area contributed by atoms with Gasteiger partial charge in [-0.05, 0) is 41.2 Å². The number of primary amides is 1. The first-order valence-corrected chi connectivity index (χ1v) is 11.2. The molecule has 7 heteroatoms. The van der Waals surface area contributed by atoms with E-state index in [2.05, 4.69) is 19.2 Å².